The standard InChI is InChI=1S/C31H39ClFN3O4S/c32-24-12-14-27(15-13-24)41(38,39)36-28(23-6-4-7-25(33)22-23)10-5-11-29(36)31(16-17-31)40-30(37)35-20-18-34(19-21-35)26-8-2-1-3-9-26/h4,6-7,12-15,22,26,28-29H,1-3,5,8-11,16-21H2. The number of ether oxygens (including phenoxy) is 1. The van der Waals surface area contributed by atoms with Crippen molar-refractivity contribution in [3.8, 4) is 0 Å². The highest BCUT2D eigenvalue weighted by molar-refractivity contribution is 7.89. The van der Waals surface area contributed by atoms with Gasteiger partial charge in [-0.2, -0.15) is 4.31 Å². The Bertz CT molecular complexity index is 1340. The summed E-state index contributed by atoms with van der Waals surface area (Å²) in [4.78, 5) is 17.9. The lowest BCUT2D eigenvalue weighted by atomic mass is 9.90. The van der Waals surface area contributed by atoms with Gasteiger partial charge in [-0.3, -0.25) is 4.90 Å². The van der Waals surface area contributed by atoms with E-state index in [2.05, 4.69) is 4.90 Å². The lowest BCUT2D eigenvalue weighted by molar-refractivity contribution is -0.0169. The molecule has 0 aromatic heterocycles. The van der Waals surface area contributed by atoms with E-state index in [0.717, 1.165) is 19.5 Å². The fraction of sp³-hybridized carbons (Fsp3) is 0.581. The number of benzene rings is 2. The highest BCUT2D eigenvalue weighted by Gasteiger charge is 2.60. The zero-order chi connectivity index (χ0) is 28.6. The minimum atomic E-state index is -4.02. The lowest BCUT2D eigenvalue weighted by Gasteiger charge is -2.45. The molecule has 2 aliphatic heterocycles. The molecule has 2 unspecified atom stereocenters. The van der Waals surface area contributed by atoms with Gasteiger partial charge in [0.2, 0.25) is 10.0 Å². The third-order valence-electron chi connectivity index (χ3n) is 9.50. The highest BCUT2D eigenvalue weighted by Crippen LogP contribution is 2.52. The summed E-state index contributed by atoms with van der Waals surface area (Å²) >= 11 is 6.07. The molecule has 4 aliphatic rings. The van der Waals surface area contributed by atoms with Crippen LogP contribution in [0.3, 0.4) is 0 Å². The van der Waals surface area contributed by atoms with Crippen LogP contribution in [0, 0.1) is 5.82 Å². The van der Waals surface area contributed by atoms with Gasteiger partial charge in [0.25, 0.3) is 0 Å². The smallest absolute Gasteiger partial charge is 0.410 e. The fourth-order valence-corrected chi connectivity index (χ4v) is 9.19. The molecule has 7 nitrogen and oxygen atoms in total. The maximum Gasteiger partial charge on any atom is 0.410 e. The summed E-state index contributed by atoms with van der Waals surface area (Å²) in [6.07, 6.45) is 9.07. The number of nitrogens with zero attached hydrogens (tertiary/aromatic N) is 3. The molecule has 41 heavy (non-hydrogen) atoms. The van der Waals surface area contributed by atoms with E-state index >= 15 is 0 Å². The van der Waals surface area contributed by atoms with E-state index in [1.807, 2.05) is 0 Å². The van der Waals surface area contributed by atoms with E-state index in [1.54, 1.807) is 29.2 Å². The first kappa shape index (κ1) is 28.9. The van der Waals surface area contributed by atoms with Crippen LogP contribution in [0.5, 0.6) is 0 Å². The summed E-state index contributed by atoms with van der Waals surface area (Å²) in [6, 6.07) is 11.8. The number of piperazine rings is 1. The molecule has 0 bridgehead atoms. The molecule has 222 valence electrons. The number of piperidine rings is 1. The molecule has 10 heteroatoms. The molecule has 0 N–H and O–H groups in total. The van der Waals surface area contributed by atoms with Crippen LogP contribution >= 0.6 is 11.6 Å². The van der Waals surface area contributed by atoms with Gasteiger partial charge in [-0.05, 0) is 86.9 Å². The molecule has 2 saturated carbocycles. The number of hydrogen-bond acceptors (Lipinski definition) is 5. The van der Waals surface area contributed by atoms with E-state index < -0.39 is 33.5 Å². The monoisotopic (exact) mass is 603 g/mol. The highest BCUT2D eigenvalue weighted by atomic mass is 35.5. The minimum Gasteiger partial charge on any atom is -0.441 e. The number of carbonyl (C=O) groups is 1. The first-order chi connectivity index (χ1) is 19.8. The predicted octanol–water partition coefficient (Wildman–Crippen LogP) is 6.38. The molecule has 2 aromatic rings. The van der Waals surface area contributed by atoms with Crippen LogP contribution < -0.4 is 0 Å². The van der Waals surface area contributed by atoms with Crippen molar-refractivity contribution in [1.29, 1.82) is 0 Å². The second-order valence-corrected chi connectivity index (χ2v) is 14.3. The molecule has 2 aromatic carbocycles. The maximum atomic E-state index is 14.3. The number of amides is 1. The van der Waals surface area contributed by atoms with E-state index in [-0.39, 0.29) is 11.0 Å². The van der Waals surface area contributed by atoms with Gasteiger partial charge in [0.05, 0.1) is 17.0 Å². The van der Waals surface area contributed by atoms with E-state index in [1.165, 1.54) is 60.7 Å². The third kappa shape index (κ3) is 6.01. The van der Waals surface area contributed by atoms with Crippen LogP contribution in [-0.2, 0) is 14.8 Å². The second kappa shape index (κ2) is 11.8. The van der Waals surface area contributed by atoms with Gasteiger partial charge in [0.15, 0.2) is 0 Å². The maximum absolute atomic E-state index is 14.3. The first-order valence-electron chi connectivity index (χ1n) is 15.0. The Morgan fingerprint density at radius 2 is 1.61 bits per heavy atom. The van der Waals surface area contributed by atoms with Crippen LogP contribution in [-0.4, -0.2) is 72.5 Å². The predicted molar refractivity (Wildman–Crippen MR) is 156 cm³/mol. The molecule has 2 atom stereocenters. The van der Waals surface area contributed by atoms with Crippen molar-refractivity contribution in [3.05, 3.63) is 64.9 Å². The summed E-state index contributed by atoms with van der Waals surface area (Å²) in [7, 11) is -4.02. The van der Waals surface area contributed by atoms with E-state index in [9.17, 15) is 17.6 Å². The molecule has 2 saturated heterocycles. The summed E-state index contributed by atoms with van der Waals surface area (Å²) in [5, 5.41) is 0.442. The average molecular weight is 604 g/mol. The molecular formula is C31H39ClFN3O4S. The number of rotatable bonds is 6. The SMILES string of the molecule is O=C(OC1(C2CCCC(c3cccc(F)c3)N2S(=O)(=O)c2ccc(Cl)cc2)CC1)N1CCN(C2CCCCC2)CC1. The van der Waals surface area contributed by atoms with Crippen LogP contribution in [0.15, 0.2) is 53.4 Å². The largest absolute Gasteiger partial charge is 0.441 e. The summed E-state index contributed by atoms with van der Waals surface area (Å²) in [6.45, 7) is 2.92. The zero-order valence-electron chi connectivity index (χ0n) is 23.4. The quantitative estimate of drug-likeness (QED) is 0.383. The van der Waals surface area contributed by atoms with Crippen molar-refractivity contribution in [2.45, 2.75) is 92.8 Å². The number of carbonyl (C=O) groups excluding carboxylic acids is 1. The van der Waals surface area contributed by atoms with Crippen LogP contribution in [0.1, 0.15) is 75.8 Å². The van der Waals surface area contributed by atoms with Gasteiger partial charge in [0, 0.05) is 37.2 Å². The Morgan fingerprint density at radius 1 is 0.902 bits per heavy atom. The van der Waals surface area contributed by atoms with Crippen molar-refractivity contribution < 1.29 is 22.3 Å². The number of hydrogen-bond donors (Lipinski definition) is 0. The van der Waals surface area contributed by atoms with Crippen molar-refractivity contribution in [2.75, 3.05) is 26.2 Å². The average Bonchev–Trinajstić information content (AvgIpc) is 3.78. The Kier molecular flexibility index (Phi) is 8.33. The molecular weight excluding hydrogens is 565 g/mol. The topological polar surface area (TPSA) is 70.2 Å². The Morgan fingerprint density at radius 3 is 2.27 bits per heavy atom. The first-order valence-corrected chi connectivity index (χ1v) is 16.9. The molecule has 0 radical (unpaired) electrons. The Labute approximate surface area is 247 Å². The molecule has 4 fully saturated rings. The van der Waals surface area contributed by atoms with E-state index in [4.69, 9.17) is 16.3 Å². The van der Waals surface area contributed by atoms with Crippen molar-refractivity contribution in [3.63, 3.8) is 0 Å². The summed E-state index contributed by atoms with van der Waals surface area (Å²) in [5.74, 6) is -0.409. The van der Waals surface area contributed by atoms with E-state index in [0.29, 0.717) is 55.4 Å². The molecule has 1 amide bonds. The van der Waals surface area contributed by atoms with Gasteiger partial charge in [-0.15, -0.1) is 0 Å². The third-order valence-corrected chi connectivity index (χ3v) is 11.7. The summed E-state index contributed by atoms with van der Waals surface area (Å²) < 4.78 is 50.6. The molecule has 2 heterocycles. The molecule has 2 aliphatic carbocycles. The van der Waals surface area contributed by atoms with Gasteiger partial charge in [-0.25, -0.2) is 17.6 Å². The van der Waals surface area contributed by atoms with Crippen LogP contribution in [0.4, 0.5) is 9.18 Å². The zero-order valence-corrected chi connectivity index (χ0v) is 25.0. The van der Waals surface area contributed by atoms with Crippen LogP contribution in [0.25, 0.3) is 0 Å². The van der Waals surface area contributed by atoms with Crippen molar-refractivity contribution in [2.24, 2.45) is 0 Å². The van der Waals surface area contributed by atoms with Crippen molar-refractivity contribution >= 4 is 27.7 Å². The Balaban J connectivity index is 1.24. The van der Waals surface area contributed by atoms with Gasteiger partial charge >= 0.3 is 6.09 Å². The van der Waals surface area contributed by atoms with Crippen LogP contribution in [0.2, 0.25) is 5.02 Å². The van der Waals surface area contributed by atoms with Gasteiger partial charge in [0.1, 0.15) is 11.4 Å². The molecule has 0 spiro atoms. The fourth-order valence-electron chi connectivity index (χ4n) is 7.14. The minimum absolute atomic E-state index is 0.121. The van der Waals surface area contributed by atoms with Crippen molar-refractivity contribution in [1.82, 2.24) is 14.1 Å². The lowest BCUT2D eigenvalue weighted by Crippen LogP contribution is -2.56. The normalized spacial score (nSPS) is 26.0. The number of sulfonamides is 1. The Hall–Kier alpha value is -2.20. The summed E-state index contributed by atoms with van der Waals surface area (Å²) in [5.41, 5.74) is -0.281. The molecule has 6 rings (SSSR count). The van der Waals surface area contributed by atoms with Gasteiger partial charge < -0.3 is 9.64 Å². The second-order valence-electron chi connectivity index (χ2n) is 12.1. The number of halogens is 2. The van der Waals surface area contributed by atoms with Gasteiger partial charge in [-0.1, -0.05) is 43.0 Å².